The van der Waals surface area contributed by atoms with E-state index < -0.39 is 0 Å². The Morgan fingerprint density at radius 1 is 1.43 bits per heavy atom. The highest BCUT2D eigenvalue weighted by molar-refractivity contribution is 8.01. The summed E-state index contributed by atoms with van der Waals surface area (Å²) in [6.45, 7) is 4.44. The van der Waals surface area contributed by atoms with E-state index in [1.54, 1.807) is 0 Å². The van der Waals surface area contributed by atoms with Gasteiger partial charge in [0.15, 0.2) is 0 Å². The van der Waals surface area contributed by atoms with Crippen LogP contribution in [-0.4, -0.2) is 45.5 Å². The van der Waals surface area contributed by atoms with Crippen LogP contribution < -0.4 is 0 Å². The fourth-order valence-corrected chi connectivity index (χ4v) is 5.09. The monoisotopic (exact) mass is 332 g/mol. The Balaban J connectivity index is 1.23. The average Bonchev–Trinajstić information content (AvgIpc) is 3.19. The molecule has 4 rings (SSSR count). The lowest BCUT2D eigenvalue weighted by molar-refractivity contribution is -0.137. The lowest BCUT2D eigenvalue weighted by Gasteiger charge is -2.47. The molecule has 3 aliphatic rings. The van der Waals surface area contributed by atoms with E-state index in [2.05, 4.69) is 9.88 Å². The Hall–Kier alpha value is -1.07. The Bertz CT molecular complexity index is 596. The number of likely N-dealkylation sites (tertiary alicyclic amines) is 1. The van der Waals surface area contributed by atoms with Crippen molar-refractivity contribution < 1.29 is 9.53 Å². The molecule has 1 aromatic heterocycles. The van der Waals surface area contributed by atoms with E-state index in [0.29, 0.717) is 24.5 Å². The number of aryl methyl sites for hydroxylation is 1. The summed E-state index contributed by atoms with van der Waals surface area (Å²) >= 11 is 1.99. The highest BCUT2D eigenvalue weighted by atomic mass is 32.2. The van der Waals surface area contributed by atoms with Crippen LogP contribution in [0.3, 0.4) is 0 Å². The highest BCUT2D eigenvalue weighted by Crippen LogP contribution is 2.47. The smallest absolute Gasteiger partial charge is 0.222 e. The predicted molar refractivity (Wildman–Crippen MR) is 91.3 cm³/mol. The molecule has 2 saturated heterocycles. The van der Waals surface area contributed by atoms with Gasteiger partial charge in [-0.25, -0.2) is 0 Å². The van der Waals surface area contributed by atoms with E-state index >= 15 is 0 Å². The van der Waals surface area contributed by atoms with Gasteiger partial charge in [-0.15, -0.1) is 11.8 Å². The molecule has 3 fully saturated rings. The summed E-state index contributed by atoms with van der Waals surface area (Å²) in [4.78, 5) is 18.7. The van der Waals surface area contributed by atoms with Gasteiger partial charge in [0.1, 0.15) is 0 Å². The largest absolute Gasteiger partial charge is 0.371 e. The molecule has 5 heteroatoms. The van der Waals surface area contributed by atoms with Gasteiger partial charge in [0.2, 0.25) is 5.91 Å². The van der Waals surface area contributed by atoms with Gasteiger partial charge in [-0.2, -0.15) is 0 Å². The summed E-state index contributed by atoms with van der Waals surface area (Å²) in [5, 5.41) is 0. The zero-order valence-corrected chi connectivity index (χ0v) is 14.5. The number of pyridine rings is 1. The van der Waals surface area contributed by atoms with Crippen molar-refractivity contribution in [2.45, 2.75) is 50.1 Å². The Labute approximate surface area is 142 Å². The van der Waals surface area contributed by atoms with Crippen LogP contribution in [0.5, 0.6) is 0 Å². The first-order valence-corrected chi connectivity index (χ1v) is 9.56. The van der Waals surface area contributed by atoms with Gasteiger partial charge < -0.3 is 9.64 Å². The second-order valence-corrected chi connectivity index (χ2v) is 8.79. The average molecular weight is 332 g/mol. The topological polar surface area (TPSA) is 42.4 Å². The highest BCUT2D eigenvalue weighted by Gasteiger charge is 2.51. The molecule has 0 aromatic carbocycles. The van der Waals surface area contributed by atoms with Crippen molar-refractivity contribution in [3.8, 4) is 0 Å². The molecule has 0 radical (unpaired) electrons. The second kappa shape index (κ2) is 6.10. The molecule has 23 heavy (non-hydrogen) atoms. The Kier molecular flexibility index (Phi) is 4.10. The van der Waals surface area contributed by atoms with Crippen molar-refractivity contribution in [2.75, 3.05) is 18.8 Å². The number of amides is 1. The molecule has 1 aromatic rings. The molecule has 124 valence electrons. The second-order valence-electron chi connectivity index (χ2n) is 7.30. The maximum Gasteiger partial charge on any atom is 0.222 e. The summed E-state index contributed by atoms with van der Waals surface area (Å²) in [6.07, 6.45) is 4.64. The number of carbonyl (C=O) groups is 1. The molecular weight excluding hydrogens is 308 g/mol. The Morgan fingerprint density at radius 3 is 3.00 bits per heavy atom. The minimum Gasteiger partial charge on any atom is -0.371 e. The summed E-state index contributed by atoms with van der Waals surface area (Å²) < 4.78 is 6.33. The van der Waals surface area contributed by atoms with Crippen molar-refractivity contribution in [3.63, 3.8) is 0 Å². The van der Waals surface area contributed by atoms with Crippen molar-refractivity contribution in [1.82, 2.24) is 9.88 Å². The molecule has 1 amide bonds. The van der Waals surface area contributed by atoms with Gasteiger partial charge in [-0.1, -0.05) is 6.07 Å². The number of aromatic nitrogens is 1. The number of carbonyl (C=O) groups excluding carboxylic acids is 1. The fourth-order valence-electron chi connectivity index (χ4n) is 3.54. The molecule has 1 atom stereocenters. The van der Waals surface area contributed by atoms with Crippen molar-refractivity contribution >= 4 is 17.7 Å². The molecule has 1 aliphatic carbocycles. The third-order valence-electron chi connectivity index (χ3n) is 5.06. The minimum absolute atomic E-state index is 0.268. The van der Waals surface area contributed by atoms with Gasteiger partial charge in [0, 0.05) is 31.0 Å². The summed E-state index contributed by atoms with van der Waals surface area (Å²) in [5.74, 6) is 2.09. The van der Waals surface area contributed by atoms with Crippen LogP contribution in [0.1, 0.15) is 37.1 Å². The van der Waals surface area contributed by atoms with E-state index in [1.165, 1.54) is 12.8 Å². The standard InChI is InChI=1S/C18H24N2O2S/c1-13-3-2-4-15(19-13)9-22-16-8-18(23-10-16)11-20(12-18)17(21)7-14-5-6-14/h2-4,14,16H,5-12H2,1H3. The van der Waals surface area contributed by atoms with Crippen LogP contribution in [-0.2, 0) is 16.1 Å². The SMILES string of the molecule is Cc1cccc(COC2CSC3(C2)CN(C(=O)CC2CC2)C3)n1. The summed E-state index contributed by atoms with van der Waals surface area (Å²) in [5.41, 5.74) is 2.04. The molecule has 1 spiro atoms. The maximum absolute atomic E-state index is 12.1. The van der Waals surface area contributed by atoms with E-state index in [-0.39, 0.29) is 4.75 Å². The van der Waals surface area contributed by atoms with E-state index in [9.17, 15) is 4.79 Å². The number of ether oxygens (including phenoxy) is 1. The molecule has 0 bridgehead atoms. The molecular formula is C18H24N2O2S. The first kappa shape index (κ1) is 15.5. The van der Waals surface area contributed by atoms with E-state index in [4.69, 9.17) is 4.74 Å². The molecule has 2 aliphatic heterocycles. The van der Waals surface area contributed by atoms with Crippen LogP contribution in [0.4, 0.5) is 0 Å². The van der Waals surface area contributed by atoms with Crippen LogP contribution in [0, 0.1) is 12.8 Å². The number of hydrogen-bond donors (Lipinski definition) is 0. The van der Waals surface area contributed by atoms with Crippen LogP contribution in [0.2, 0.25) is 0 Å². The molecule has 0 N–H and O–H groups in total. The van der Waals surface area contributed by atoms with Crippen molar-refractivity contribution in [3.05, 3.63) is 29.6 Å². The first-order valence-electron chi connectivity index (χ1n) is 8.58. The third-order valence-corrected chi connectivity index (χ3v) is 6.63. The number of thioether (sulfide) groups is 1. The number of hydrogen-bond acceptors (Lipinski definition) is 4. The van der Waals surface area contributed by atoms with Gasteiger partial charge in [-0.05, 0) is 44.2 Å². The van der Waals surface area contributed by atoms with E-state index in [1.807, 2.05) is 36.9 Å². The number of nitrogens with zero attached hydrogens (tertiary/aromatic N) is 2. The molecule has 3 heterocycles. The zero-order chi connectivity index (χ0) is 15.9. The normalized spacial score (nSPS) is 25.6. The van der Waals surface area contributed by atoms with Crippen molar-refractivity contribution in [1.29, 1.82) is 0 Å². The van der Waals surface area contributed by atoms with E-state index in [0.717, 1.165) is 43.1 Å². The third kappa shape index (κ3) is 3.56. The molecule has 4 nitrogen and oxygen atoms in total. The molecule has 1 unspecified atom stereocenters. The summed E-state index contributed by atoms with van der Waals surface area (Å²) in [7, 11) is 0. The first-order chi connectivity index (χ1) is 11.1. The predicted octanol–water partition coefficient (Wildman–Crippen LogP) is 2.79. The zero-order valence-electron chi connectivity index (χ0n) is 13.7. The quantitative estimate of drug-likeness (QED) is 0.831. The molecule has 1 saturated carbocycles. The van der Waals surface area contributed by atoms with Crippen LogP contribution in [0.15, 0.2) is 18.2 Å². The van der Waals surface area contributed by atoms with Gasteiger partial charge in [0.05, 0.1) is 23.2 Å². The van der Waals surface area contributed by atoms with Gasteiger partial charge in [-0.3, -0.25) is 9.78 Å². The lowest BCUT2D eigenvalue weighted by atomic mass is 9.92. The van der Waals surface area contributed by atoms with Crippen molar-refractivity contribution in [2.24, 2.45) is 5.92 Å². The number of rotatable bonds is 5. The fraction of sp³-hybridized carbons (Fsp3) is 0.667. The van der Waals surface area contributed by atoms with Gasteiger partial charge in [0.25, 0.3) is 0 Å². The van der Waals surface area contributed by atoms with Crippen LogP contribution in [0.25, 0.3) is 0 Å². The Morgan fingerprint density at radius 2 is 2.26 bits per heavy atom. The lowest BCUT2D eigenvalue weighted by Crippen LogP contribution is -2.60. The minimum atomic E-state index is 0.268. The van der Waals surface area contributed by atoms with Crippen LogP contribution >= 0.6 is 11.8 Å². The van der Waals surface area contributed by atoms with Gasteiger partial charge >= 0.3 is 0 Å². The summed E-state index contributed by atoms with van der Waals surface area (Å²) in [6, 6.07) is 6.05. The maximum atomic E-state index is 12.1.